The summed E-state index contributed by atoms with van der Waals surface area (Å²) in [5.74, 6) is 5.45. The average molecular weight is 240 g/mol. The van der Waals surface area contributed by atoms with Crippen LogP contribution in [0.3, 0.4) is 0 Å². The van der Waals surface area contributed by atoms with E-state index in [0.29, 0.717) is 0 Å². The maximum absolute atomic E-state index is 5.45. The van der Waals surface area contributed by atoms with E-state index in [9.17, 15) is 0 Å². The Bertz CT molecular complexity index is 644. The lowest BCUT2D eigenvalue weighted by Gasteiger charge is -2.02. The second-order valence-electron chi connectivity index (χ2n) is 3.87. The van der Waals surface area contributed by atoms with Gasteiger partial charge in [0.1, 0.15) is 0 Å². The molecule has 3 rings (SSSR count). The molecule has 0 fully saturated rings. The van der Waals surface area contributed by atoms with Crippen molar-refractivity contribution in [1.82, 2.24) is 0 Å². The lowest BCUT2D eigenvalue weighted by atomic mass is 10.0. The summed E-state index contributed by atoms with van der Waals surface area (Å²) in [6, 6.07) is 16.6. The van der Waals surface area contributed by atoms with Crippen molar-refractivity contribution in [2.24, 2.45) is 5.84 Å². The van der Waals surface area contributed by atoms with Gasteiger partial charge >= 0.3 is 0 Å². The van der Waals surface area contributed by atoms with Gasteiger partial charge in [0.05, 0.1) is 0 Å². The Morgan fingerprint density at radius 2 is 1.82 bits per heavy atom. The van der Waals surface area contributed by atoms with Gasteiger partial charge in [-0.25, -0.2) is 0 Å². The van der Waals surface area contributed by atoms with E-state index in [1.807, 2.05) is 12.1 Å². The highest BCUT2D eigenvalue weighted by Gasteiger charge is 2.06. The SMILES string of the molecule is NNc1ccc2scc(-c3ccccc3)c2c1. The first-order valence-corrected chi connectivity index (χ1v) is 6.30. The first-order valence-electron chi connectivity index (χ1n) is 5.42. The van der Waals surface area contributed by atoms with Crippen LogP contribution in [0.4, 0.5) is 5.69 Å². The minimum atomic E-state index is 0.938. The molecule has 3 N–H and O–H groups in total. The topological polar surface area (TPSA) is 38.0 Å². The minimum absolute atomic E-state index is 0.938. The van der Waals surface area contributed by atoms with E-state index in [1.165, 1.54) is 21.2 Å². The number of hydrazine groups is 1. The monoisotopic (exact) mass is 240 g/mol. The molecule has 0 aliphatic carbocycles. The first kappa shape index (κ1) is 10.3. The van der Waals surface area contributed by atoms with Crippen LogP contribution < -0.4 is 11.3 Å². The Kier molecular flexibility index (Phi) is 2.55. The molecule has 0 unspecified atom stereocenters. The Balaban J connectivity index is 2.23. The maximum Gasteiger partial charge on any atom is 0.0492 e. The van der Waals surface area contributed by atoms with Crippen LogP contribution in [0.1, 0.15) is 0 Å². The fraction of sp³-hybridized carbons (Fsp3) is 0. The van der Waals surface area contributed by atoms with Gasteiger partial charge in [0.25, 0.3) is 0 Å². The number of hydrogen-bond donors (Lipinski definition) is 2. The number of nitrogen functional groups attached to an aromatic ring is 1. The third-order valence-electron chi connectivity index (χ3n) is 2.82. The largest absolute Gasteiger partial charge is 0.324 e. The molecular formula is C14H12N2S. The molecule has 17 heavy (non-hydrogen) atoms. The minimum Gasteiger partial charge on any atom is -0.324 e. The Labute approximate surface area is 104 Å². The molecule has 0 amide bonds. The first-order chi connectivity index (χ1) is 8.38. The molecular weight excluding hydrogens is 228 g/mol. The van der Waals surface area contributed by atoms with E-state index in [-0.39, 0.29) is 0 Å². The molecule has 0 radical (unpaired) electrons. The van der Waals surface area contributed by atoms with Gasteiger partial charge in [0.2, 0.25) is 0 Å². The molecule has 0 aliphatic heterocycles. The number of anilines is 1. The van der Waals surface area contributed by atoms with Gasteiger partial charge in [0.15, 0.2) is 0 Å². The van der Waals surface area contributed by atoms with E-state index in [2.05, 4.69) is 47.2 Å². The maximum atomic E-state index is 5.45. The second kappa shape index (κ2) is 4.20. The van der Waals surface area contributed by atoms with Crippen LogP contribution in [-0.2, 0) is 0 Å². The summed E-state index contributed by atoms with van der Waals surface area (Å²) < 4.78 is 1.28. The number of rotatable bonds is 2. The quantitative estimate of drug-likeness (QED) is 0.527. The van der Waals surface area contributed by atoms with Gasteiger partial charge < -0.3 is 5.43 Å². The highest BCUT2D eigenvalue weighted by atomic mass is 32.1. The van der Waals surface area contributed by atoms with Crippen molar-refractivity contribution in [1.29, 1.82) is 0 Å². The third kappa shape index (κ3) is 1.79. The summed E-state index contributed by atoms with van der Waals surface area (Å²) in [4.78, 5) is 0. The van der Waals surface area contributed by atoms with E-state index < -0.39 is 0 Å². The van der Waals surface area contributed by atoms with Crippen molar-refractivity contribution in [2.75, 3.05) is 5.43 Å². The van der Waals surface area contributed by atoms with Gasteiger partial charge in [-0.3, -0.25) is 5.84 Å². The Morgan fingerprint density at radius 3 is 2.59 bits per heavy atom. The lowest BCUT2D eigenvalue weighted by Crippen LogP contribution is -2.05. The zero-order chi connectivity index (χ0) is 11.7. The molecule has 0 bridgehead atoms. The molecule has 3 heteroatoms. The van der Waals surface area contributed by atoms with Gasteiger partial charge in [0, 0.05) is 21.3 Å². The predicted molar refractivity (Wildman–Crippen MR) is 75.1 cm³/mol. The molecule has 0 saturated carbocycles. The normalized spacial score (nSPS) is 10.6. The third-order valence-corrected chi connectivity index (χ3v) is 3.79. The molecule has 84 valence electrons. The highest BCUT2D eigenvalue weighted by Crippen LogP contribution is 2.35. The second-order valence-corrected chi connectivity index (χ2v) is 4.78. The number of fused-ring (bicyclic) bond motifs is 1. The van der Waals surface area contributed by atoms with Crippen molar-refractivity contribution in [3.8, 4) is 11.1 Å². The van der Waals surface area contributed by atoms with Crippen LogP contribution in [0.15, 0.2) is 53.9 Å². The fourth-order valence-electron chi connectivity index (χ4n) is 1.96. The van der Waals surface area contributed by atoms with Gasteiger partial charge in [-0.2, -0.15) is 0 Å². The number of hydrogen-bond acceptors (Lipinski definition) is 3. The molecule has 0 saturated heterocycles. The van der Waals surface area contributed by atoms with Crippen LogP contribution in [0.5, 0.6) is 0 Å². The van der Waals surface area contributed by atoms with Crippen molar-refractivity contribution in [3.63, 3.8) is 0 Å². The van der Waals surface area contributed by atoms with E-state index in [1.54, 1.807) is 11.3 Å². The van der Waals surface area contributed by atoms with Gasteiger partial charge in [-0.05, 0) is 29.1 Å². The number of nitrogens with one attached hydrogen (secondary N) is 1. The zero-order valence-corrected chi connectivity index (χ0v) is 10.00. The molecule has 1 heterocycles. The summed E-state index contributed by atoms with van der Waals surface area (Å²) in [6.45, 7) is 0. The summed E-state index contributed by atoms with van der Waals surface area (Å²) in [5.41, 5.74) is 6.14. The lowest BCUT2D eigenvalue weighted by molar-refractivity contribution is 1.36. The molecule has 2 aromatic carbocycles. The highest BCUT2D eigenvalue weighted by molar-refractivity contribution is 7.17. The van der Waals surface area contributed by atoms with Crippen LogP contribution in [0, 0.1) is 0 Å². The Hall–Kier alpha value is -1.84. The fourth-order valence-corrected chi connectivity index (χ4v) is 2.91. The molecule has 1 aromatic heterocycles. The van der Waals surface area contributed by atoms with Crippen LogP contribution in [0.25, 0.3) is 21.2 Å². The average Bonchev–Trinajstić information content (AvgIpc) is 2.82. The van der Waals surface area contributed by atoms with Crippen LogP contribution in [-0.4, -0.2) is 0 Å². The van der Waals surface area contributed by atoms with Crippen molar-refractivity contribution in [3.05, 3.63) is 53.9 Å². The number of nitrogens with two attached hydrogens (primary N) is 1. The Morgan fingerprint density at radius 1 is 1.00 bits per heavy atom. The zero-order valence-electron chi connectivity index (χ0n) is 9.18. The van der Waals surface area contributed by atoms with Crippen molar-refractivity contribution >= 4 is 27.1 Å². The molecule has 2 nitrogen and oxygen atoms in total. The summed E-state index contributed by atoms with van der Waals surface area (Å²) in [6.07, 6.45) is 0. The summed E-state index contributed by atoms with van der Waals surface area (Å²) in [5, 5.41) is 3.44. The summed E-state index contributed by atoms with van der Waals surface area (Å²) in [7, 11) is 0. The van der Waals surface area contributed by atoms with E-state index in [0.717, 1.165) is 5.69 Å². The van der Waals surface area contributed by atoms with Gasteiger partial charge in [-0.15, -0.1) is 11.3 Å². The van der Waals surface area contributed by atoms with Crippen LogP contribution >= 0.6 is 11.3 Å². The number of benzene rings is 2. The van der Waals surface area contributed by atoms with Gasteiger partial charge in [-0.1, -0.05) is 30.3 Å². The van der Waals surface area contributed by atoms with Crippen molar-refractivity contribution < 1.29 is 0 Å². The molecule has 0 aliphatic rings. The smallest absolute Gasteiger partial charge is 0.0492 e. The molecule has 3 aromatic rings. The van der Waals surface area contributed by atoms with Crippen molar-refractivity contribution in [2.45, 2.75) is 0 Å². The van der Waals surface area contributed by atoms with E-state index in [4.69, 9.17) is 5.84 Å². The predicted octanol–water partition coefficient (Wildman–Crippen LogP) is 3.85. The summed E-state index contributed by atoms with van der Waals surface area (Å²) >= 11 is 1.76. The van der Waals surface area contributed by atoms with E-state index >= 15 is 0 Å². The number of thiophene rings is 1. The molecule has 0 spiro atoms. The molecule has 0 atom stereocenters. The van der Waals surface area contributed by atoms with Crippen LogP contribution in [0.2, 0.25) is 0 Å². The standard InChI is InChI=1S/C14H12N2S/c15-16-11-6-7-14-12(8-11)13(9-17-14)10-4-2-1-3-5-10/h1-9,16H,15H2.